The number of rotatable bonds is 5. The Morgan fingerprint density at radius 1 is 1.12 bits per heavy atom. The quantitative estimate of drug-likeness (QED) is 0.467. The Morgan fingerprint density at radius 3 is 2.48 bits per heavy atom. The van der Waals surface area contributed by atoms with E-state index in [1.165, 1.54) is 23.5 Å². The summed E-state index contributed by atoms with van der Waals surface area (Å²) in [6.45, 7) is 6.03. The molecule has 1 saturated heterocycles. The topological polar surface area (TPSA) is 50.5 Å². The fourth-order valence-electron chi connectivity index (χ4n) is 2.96. The zero-order valence-corrected chi connectivity index (χ0v) is 15.2. The van der Waals surface area contributed by atoms with Gasteiger partial charge in [0.2, 0.25) is 5.91 Å². The van der Waals surface area contributed by atoms with Crippen LogP contribution in [-0.2, 0) is 11.3 Å². The molecule has 0 bridgehead atoms. The Hall–Kier alpha value is -2.05. The van der Waals surface area contributed by atoms with E-state index < -0.39 is 0 Å². The summed E-state index contributed by atoms with van der Waals surface area (Å²) >= 11 is 1.32. The third kappa shape index (κ3) is 4.74. The van der Waals surface area contributed by atoms with Crippen molar-refractivity contribution in [2.75, 3.05) is 26.2 Å². The van der Waals surface area contributed by atoms with Crippen LogP contribution in [0.5, 0.6) is 0 Å². The summed E-state index contributed by atoms with van der Waals surface area (Å²) in [5, 5.41) is 12.0. The number of nitrogens with zero attached hydrogens (tertiary/aromatic N) is 3. The molecule has 1 aliphatic rings. The van der Waals surface area contributed by atoms with Crippen molar-refractivity contribution in [2.45, 2.75) is 23.7 Å². The van der Waals surface area contributed by atoms with Crippen LogP contribution in [-0.4, -0.2) is 47.1 Å². The maximum atomic E-state index is 12.7. The smallest absolute Gasteiger partial charge is 0.252 e. The molecule has 0 aliphatic carbocycles. The lowest BCUT2D eigenvalue weighted by Crippen LogP contribution is -2.50. The first-order chi connectivity index (χ1) is 12.1. The summed E-state index contributed by atoms with van der Waals surface area (Å²) in [5.74, 6) is 0.105. The number of amides is 1. The fraction of sp³-hybridized carbons (Fsp3) is 0.368. The molecule has 1 aromatic carbocycles. The summed E-state index contributed by atoms with van der Waals surface area (Å²) in [6.07, 6.45) is 1.46. The number of carbonyl (C=O) groups excluding carboxylic acids is 1. The van der Waals surface area contributed by atoms with Crippen molar-refractivity contribution in [2.24, 2.45) is 0 Å². The Labute approximate surface area is 152 Å². The molecule has 1 atom stereocenters. The lowest BCUT2D eigenvalue weighted by atomic mass is 10.2. The third-order valence-corrected chi connectivity index (χ3v) is 5.48. The van der Waals surface area contributed by atoms with Crippen molar-refractivity contribution in [3.05, 3.63) is 65.5 Å². The van der Waals surface area contributed by atoms with E-state index in [0.29, 0.717) is 5.03 Å². The highest BCUT2D eigenvalue weighted by Gasteiger charge is 2.27. The summed E-state index contributed by atoms with van der Waals surface area (Å²) in [6, 6.07) is 15.7. The summed E-state index contributed by atoms with van der Waals surface area (Å²) in [4.78, 5) is 16.9. The second-order valence-electron chi connectivity index (χ2n) is 6.21. The van der Waals surface area contributed by atoms with E-state index in [9.17, 15) is 10.0 Å². The third-order valence-electron chi connectivity index (χ3n) is 4.37. The van der Waals surface area contributed by atoms with Gasteiger partial charge in [-0.1, -0.05) is 30.3 Å². The lowest BCUT2D eigenvalue weighted by molar-refractivity contribution is -0.645. The van der Waals surface area contributed by atoms with Gasteiger partial charge in [0.1, 0.15) is 0 Å². The van der Waals surface area contributed by atoms with Crippen LogP contribution in [0.25, 0.3) is 0 Å². The summed E-state index contributed by atoms with van der Waals surface area (Å²) in [5.41, 5.74) is 1.30. The van der Waals surface area contributed by atoms with Gasteiger partial charge in [-0.3, -0.25) is 9.69 Å². The van der Waals surface area contributed by atoms with Crippen LogP contribution < -0.4 is 4.73 Å². The molecular weight excluding hydrogens is 334 g/mol. The minimum absolute atomic E-state index is 0.105. The molecule has 0 saturated carbocycles. The molecular formula is C19H23N3O2S. The van der Waals surface area contributed by atoms with Gasteiger partial charge in [0.25, 0.3) is 5.03 Å². The number of piperazine rings is 1. The molecule has 25 heavy (non-hydrogen) atoms. The van der Waals surface area contributed by atoms with Gasteiger partial charge in [0.05, 0.1) is 5.25 Å². The first-order valence-electron chi connectivity index (χ1n) is 8.53. The standard InChI is InChI=1S/C19H23N3O2S/c1-16(25-18-9-5-6-10-22(18)24)19(23)21-13-11-20(12-14-21)15-17-7-3-2-4-8-17/h2-10,16H,11-15H2,1H3/t16-/m1/s1. The average Bonchev–Trinajstić information content (AvgIpc) is 2.64. The number of thioether (sulfide) groups is 1. The predicted octanol–water partition coefficient (Wildman–Crippen LogP) is 2.14. The molecule has 0 spiro atoms. The fourth-order valence-corrected chi connectivity index (χ4v) is 3.89. The molecule has 1 aliphatic heterocycles. The molecule has 2 aromatic rings. The number of hydrogen-bond donors (Lipinski definition) is 0. The normalized spacial score (nSPS) is 16.6. The van der Waals surface area contributed by atoms with Crippen LogP contribution in [0.3, 0.4) is 0 Å². The minimum atomic E-state index is -0.261. The van der Waals surface area contributed by atoms with Gasteiger partial charge in [-0.25, -0.2) is 0 Å². The average molecular weight is 357 g/mol. The van der Waals surface area contributed by atoms with E-state index in [-0.39, 0.29) is 11.2 Å². The van der Waals surface area contributed by atoms with Gasteiger partial charge in [-0.05, 0) is 30.3 Å². The highest BCUT2D eigenvalue weighted by atomic mass is 32.2. The van der Waals surface area contributed by atoms with E-state index in [0.717, 1.165) is 37.5 Å². The molecule has 0 N–H and O–H groups in total. The second kappa shape index (κ2) is 8.36. The number of hydrogen-bond acceptors (Lipinski definition) is 4. The van der Waals surface area contributed by atoms with Crippen molar-refractivity contribution in [3.8, 4) is 0 Å². The largest absolute Gasteiger partial charge is 0.618 e. The van der Waals surface area contributed by atoms with E-state index >= 15 is 0 Å². The molecule has 2 heterocycles. The SMILES string of the molecule is C[C@@H](Sc1cccc[n+]1[O-])C(=O)N1CCN(Cc2ccccc2)CC1. The van der Waals surface area contributed by atoms with Crippen LogP contribution in [0.1, 0.15) is 12.5 Å². The maximum absolute atomic E-state index is 12.7. The van der Waals surface area contributed by atoms with Crippen LogP contribution in [0.2, 0.25) is 0 Å². The Bertz CT molecular complexity index is 703. The maximum Gasteiger partial charge on any atom is 0.252 e. The van der Waals surface area contributed by atoms with E-state index in [1.54, 1.807) is 12.1 Å². The van der Waals surface area contributed by atoms with Crippen molar-refractivity contribution < 1.29 is 9.52 Å². The molecule has 0 radical (unpaired) electrons. The van der Waals surface area contributed by atoms with Gasteiger partial charge >= 0.3 is 0 Å². The zero-order valence-electron chi connectivity index (χ0n) is 14.4. The summed E-state index contributed by atoms with van der Waals surface area (Å²) < 4.78 is 0.812. The van der Waals surface area contributed by atoms with Gasteiger partial charge in [0, 0.05) is 44.9 Å². The van der Waals surface area contributed by atoms with Crippen molar-refractivity contribution in [1.82, 2.24) is 9.80 Å². The first kappa shape index (κ1) is 17.8. The van der Waals surface area contributed by atoms with Crippen molar-refractivity contribution >= 4 is 17.7 Å². The van der Waals surface area contributed by atoms with Crippen LogP contribution in [0, 0.1) is 5.21 Å². The molecule has 1 fully saturated rings. The molecule has 0 unspecified atom stereocenters. The predicted molar refractivity (Wildman–Crippen MR) is 99.0 cm³/mol. The van der Waals surface area contributed by atoms with E-state index in [2.05, 4.69) is 29.2 Å². The molecule has 3 rings (SSSR count). The molecule has 5 nitrogen and oxygen atoms in total. The van der Waals surface area contributed by atoms with Gasteiger partial charge in [-0.15, -0.1) is 0 Å². The molecule has 1 amide bonds. The van der Waals surface area contributed by atoms with Gasteiger partial charge in [0.15, 0.2) is 6.20 Å². The molecule has 6 heteroatoms. The minimum Gasteiger partial charge on any atom is -0.618 e. The van der Waals surface area contributed by atoms with Crippen LogP contribution in [0.15, 0.2) is 59.8 Å². The Balaban J connectivity index is 1.50. The van der Waals surface area contributed by atoms with E-state index in [1.807, 2.05) is 24.0 Å². The number of benzene rings is 1. The van der Waals surface area contributed by atoms with E-state index in [4.69, 9.17) is 0 Å². The molecule has 1 aromatic heterocycles. The highest BCUT2D eigenvalue weighted by Crippen LogP contribution is 2.22. The molecule has 132 valence electrons. The lowest BCUT2D eigenvalue weighted by Gasteiger charge is -2.35. The van der Waals surface area contributed by atoms with Crippen molar-refractivity contribution in [1.29, 1.82) is 0 Å². The first-order valence-corrected chi connectivity index (χ1v) is 9.41. The number of aromatic nitrogens is 1. The Kier molecular flexibility index (Phi) is 5.94. The second-order valence-corrected chi connectivity index (χ2v) is 7.57. The number of carbonyl (C=O) groups is 1. The van der Waals surface area contributed by atoms with Crippen LogP contribution in [0.4, 0.5) is 0 Å². The summed E-state index contributed by atoms with van der Waals surface area (Å²) in [7, 11) is 0. The monoisotopic (exact) mass is 357 g/mol. The zero-order chi connectivity index (χ0) is 17.6. The number of pyridine rings is 1. The van der Waals surface area contributed by atoms with Crippen molar-refractivity contribution in [3.63, 3.8) is 0 Å². The van der Waals surface area contributed by atoms with Gasteiger partial charge < -0.3 is 10.1 Å². The highest BCUT2D eigenvalue weighted by molar-refractivity contribution is 8.00. The Morgan fingerprint density at radius 2 is 1.80 bits per heavy atom. The van der Waals surface area contributed by atoms with Crippen LogP contribution >= 0.6 is 11.8 Å². The van der Waals surface area contributed by atoms with Gasteiger partial charge in [-0.2, -0.15) is 4.73 Å².